The lowest BCUT2D eigenvalue weighted by Crippen LogP contribution is -2.56. The molecule has 0 amide bonds. The van der Waals surface area contributed by atoms with E-state index in [9.17, 15) is 14.0 Å². The number of rotatable bonds is 8. The Hall–Kier alpha value is -3.99. The number of methoxy groups -OCH3 is 1. The highest BCUT2D eigenvalue weighted by molar-refractivity contribution is 5.89. The molecule has 0 unspecified atom stereocenters. The number of anilines is 1. The van der Waals surface area contributed by atoms with Crippen LogP contribution in [0.3, 0.4) is 0 Å². The summed E-state index contributed by atoms with van der Waals surface area (Å²) in [6.07, 6.45) is -0.809. The first kappa shape index (κ1) is 26.6. The molecule has 4 aromatic rings. The van der Waals surface area contributed by atoms with Crippen molar-refractivity contribution in [1.82, 2.24) is 34.5 Å². The molecule has 0 radical (unpaired) electrons. The predicted molar refractivity (Wildman–Crippen MR) is 135 cm³/mol. The molecule has 3 aromatic heterocycles. The van der Waals surface area contributed by atoms with Gasteiger partial charge in [0.1, 0.15) is 17.6 Å². The van der Waals surface area contributed by atoms with Gasteiger partial charge in [-0.25, -0.2) is 26.8 Å². The molecule has 0 saturated carbocycles. The van der Waals surface area contributed by atoms with E-state index >= 15 is 8.78 Å². The molecule has 39 heavy (non-hydrogen) atoms. The van der Waals surface area contributed by atoms with Crippen molar-refractivity contribution in [1.29, 1.82) is 5.26 Å². The number of alkyl halides is 4. The third kappa shape index (κ3) is 5.31. The summed E-state index contributed by atoms with van der Waals surface area (Å²) < 4.78 is 64.2. The molecule has 5 rings (SSSR count). The summed E-state index contributed by atoms with van der Waals surface area (Å²) in [6.45, 7) is 3.02. The van der Waals surface area contributed by atoms with Crippen molar-refractivity contribution < 1.29 is 22.3 Å². The van der Waals surface area contributed by atoms with Crippen LogP contribution in [0.15, 0.2) is 30.5 Å². The molecule has 1 aromatic carbocycles. The Bertz CT molecular complexity index is 1540. The molecule has 1 fully saturated rings. The Kier molecular flexibility index (Phi) is 6.79. The van der Waals surface area contributed by atoms with Gasteiger partial charge >= 0.3 is 0 Å². The van der Waals surface area contributed by atoms with Crippen LogP contribution in [0.4, 0.5) is 23.5 Å². The van der Waals surface area contributed by atoms with Gasteiger partial charge in [-0.05, 0) is 44.0 Å². The number of hydrogen-bond acceptors (Lipinski definition) is 8. The number of ether oxygens (including phenoxy) is 1. The van der Waals surface area contributed by atoms with Gasteiger partial charge in [0.2, 0.25) is 11.8 Å². The second kappa shape index (κ2) is 9.96. The van der Waals surface area contributed by atoms with E-state index in [2.05, 4.69) is 31.8 Å². The van der Waals surface area contributed by atoms with E-state index in [4.69, 9.17) is 4.74 Å². The van der Waals surface area contributed by atoms with Gasteiger partial charge in [-0.3, -0.25) is 4.90 Å². The van der Waals surface area contributed by atoms with E-state index in [0.717, 1.165) is 4.68 Å². The molecule has 206 valence electrons. The number of fused-ring (bicyclic) bond motifs is 2. The monoisotopic (exact) mass is 545 g/mol. The highest BCUT2D eigenvalue weighted by Gasteiger charge is 2.46. The van der Waals surface area contributed by atoms with Crippen LogP contribution in [-0.4, -0.2) is 79.6 Å². The second-order valence-corrected chi connectivity index (χ2v) is 10.3. The molecule has 0 bridgehead atoms. The number of piperidine rings is 1. The van der Waals surface area contributed by atoms with E-state index in [-0.39, 0.29) is 24.8 Å². The number of nitrogens with one attached hydrogen (secondary N) is 1. The fourth-order valence-electron chi connectivity index (χ4n) is 4.90. The Balaban J connectivity index is 1.42. The standard InChI is InChI=1S/C25H27F4N9O/c1-24(2,12-30)13-36-8-7-19(25(28,29)14-36)31-23-32-22(39-3)21-16(6-9-37(21)34-23)15-4-5-17-18(10-15)38(35-33-17)11-20(26)27/h4-6,9-10,19-20H,7-8,11,13-14H2,1-3H3,(H,31,34)/t19-/m1/s1. The first-order valence-corrected chi connectivity index (χ1v) is 12.3. The fourth-order valence-corrected chi connectivity index (χ4v) is 4.90. The number of nitrogens with zero attached hydrogens (tertiary/aromatic N) is 8. The van der Waals surface area contributed by atoms with E-state index < -0.39 is 36.9 Å². The molecule has 1 aliphatic heterocycles. The maximum atomic E-state index is 15.1. The SMILES string of the molecule is COc1nc(N[C@@H]2CCN(CC(C)(C)C#N)CC2(F)F)nn2ccc(-c3ccc4nnn(CC(F)F)c4c3)c12. The second-order valence-electron chi connectivity index (χ2n) is 10.3. The summed E-state index contributed by atoms with van der Waals surface area (Å²) in [5.74, 6) is -2.95. The molecular formula is C25H27F4N9O. The third-order valence-electron chi connectivity index (χ3n) is 6.71. The van der Waals surface area contributed by atoms with Gasteiger partial charge in [0.05, 0.1) is 36.7 Å². The van der Waals surface area contributed by atoms with Gasteiger partial charge in [0.15, 0.2) is 0 Å². The predicted octanol–water partition coefficient (Wildman–Crippen LogP) is 4.09. The Morgan fingerprint density at radius 2 is 2.08 bits per heavy atom. The first-order valence-electron chi connectivity index (χ1n) is 12.3. The van der Waals surface area contributed by atoms with Gasteiger partial charge in [-0.2, -0.15) is 10.2 Å². The zero-order chi connectivity index (χ0) is 27.9. The van der Waals surface area contributed by atoms with Crippen LogP contribution in [0, 0.1) is 16.7 Å². The van der Waals surface area contributed by atoms with Crippen LogP contribution in [0.25, 0.3) is 27.7 Å². The molecule has 14 heteroatoms. The molecule has 1 saturated heterocycles. The smallest absolute Gasteiger partial charge is 0.280 e. The van der Waals surface area contributed by atoms with Crippen LogP contribution in [-0.2, 0) is 6.54 Å². The Labute approximate surface area is 221 Å². The summed E-state index contributed by atoms with van der Waals surface area (Å²) >= 11 is 0. The van der Waals surface area contributed by atoms with E-state index in [1.807, 2.05) is 0 Å². The highest BCUT2D eigenvalue weighted by atomic mass is 19.3. The van der Waals surface area contributed by atoms with Crippen molar-refractivity contribution in [3.63, 3.8) is 0 Å². The number of halogens is 4. The highest BCUT2D eigenvalue weighted by Crippen LogP contribution is 2.35. The lowest BCUT2D eigenvalue weighted by Gasteiger charge is -2.40. The summed E-state index contributed by atoms with van der Waals surface area (Å²) in [5.41, 5.74) is 2.00. The first-order chi connectivity index (χ1) is 18.5. The van der Waals surface area contributed by atoms with Crippen LogP contribution in [0.1, 0.15) is 20.3 Å². The van der Waals surface area contributed by atoms with Gasteiger partial charge in [0, 0.05) is 24.8 Å². The van der Waals surface area contributed by atoms with Crippen LogP contribution >= 0.6 is 0 Å². The van der Waals surface area contributed by atoms with E-state index in [0.29, 0.717) is 34.2 Å². The quantitative estimate of drug-likeness (QED) is 0.330. The molecule has 0 spiro atoms. The zero-order valence-corrected chi connectivity index (χ0v) is 21.6. The van der Waals surface area contributed by atoms with Crippen molar-refractivity contribution in [3.8, 4) is 23.1 Å². The minimum atomic E-state index is -3.08. The maximum absolute atomic E-state index is 15.1. The molecular weight excluding hydrogens is 518 g/mol. The average molecular weight is 546 g/mol. The molecule has 1 atom stereocenters. The minimum Gasteiger partial charge on any atom is -0.479 e. The lowest BCUT2D eigenvalue weighted by atomic mass is 9.92. The average Bonchev–Trinajstić information content (AvgIpc) is 3.48. The van der Waals surface area contributed by atoms with Crippen molar-refractivity contribution in [2.45, 2.75) is 45.2 Å². The van der Waals surface area contributed by atoms with Crippen molar-refractivity contribution >= 4 is 22.5 Å². The molecule has 0 aliphatic carbocycles. The number of hydrogen-bond donors (Lipinski definition) is 1. The lowest BCUT2D eigenvalue weighted by molar-refractivity contribution is -0.0781. The largest absolute Gasteiger partial charge is 0.479 e. The van der Waals surface area contributed by atoms with Gasteiger partial charge in [-0.15, -0.1) is 10.2 Å². The Morgan fingerprint density at radius 1 is 1.28 bits per heavy atom. The van der Waals surface area contributed by atoms with Crippen LogP contribution in [0.5, 0.6) is 5.88 Å². The van der Waals surface area contributed by atoms with Crippen molar-refractivity contribution in [3.05, 3.63) is 30.5 Å². The zero-order valence-electron chi connectivity index (χ0n) is 21.6. The summed E-state index contributed by atoms with van der Waals surface area (Å²) in [7, 11) is 1.41. The van der Waals surface area contributed by atoms with Crippen LogP contribution in [0.2, 0.25) is 0 Å². The summed E-state index contributed by atoms with van der Waals surface area (Å²) in [5, 5.41) is 24.2. The number of nitriles is 1. The number of aromatic nitrogens is 6. The summed E-state index contributed by atoms with van der Waals surface area (Å²) in [4.78, 5) is 5.96. The van der Waals surface area contributed by atoms with Crippen molar-refractivity contribution in [2.24, 2.45) is 5.41 Å². The Morgan fingerprint density at radius 3 is 2.77 bits per heavy atom. The third-order valence-corrected chi connectivity index (χ3v) is 6.71. The van der Waals surface area contributed by atoms with E-state index in [1.54, 1.807) is 49.2 Å². The summed E-state index contributed by atoms with van der Waals surface area (Å²) in [6, 6.07) is 7.84. The molecule has 10 nitrogen and oxygen atoms in total. The number of benzene rings is 1. The normalized spacial score (nSPS) is 18.1. The van der Waals surface area contributed by atoms with Gasteiger partial charge < -0.3 is 10.1 Å². The van der Waals surface area contributed by atoms with Gasteiger partial charge in [0.25, 0.3) is 12.3 Å². The number of likely N-dealkylation sites (tertiary alicyclic amines) is 1. The fraction of sp³-hybridized carbons (Fsp3) is 0.480. The van der Waals surface area contributed by atoms with Crippen molar-refractivity contribution in [2.75, 3.05) is 32.1 Å². The molecule has 4 heterocycles. The van der Waals surface area contributed by atoms with Gasteiger partial charge in [-0.1, -0.05) is 11.3 Å². The van der Waals surface area contributed by atoms with E-state index in [1.165, 1.54) is 11.6 Å². The van der Waals surface area contributed by atoms with Crippen LogP contribution < -0.4 is 10.1 Å². The maximum Gasteiger partial charge on any atom is 0.280 e. The minimum absolute atomic E-state index is 0.0216. The molecule has 1 aliphatic rings. The molecule has 1 N–H and O–H groups in total. The topological polar surface area (TPSA) is 109 Å².